The highest BCUT2D eigenvalue weighted by atomic mass is 79.9. The van der Waals surface area contributed by atoms with Crippen LogP contribution in [-0.4, -0.2) is 30.1 Å². The molecule has 1 aromatic rings. The first-order valence-electron chi connectivity index (χ1n) is 6.73. The fourth-order valence-corrected chi connectivity index (χ4v) is 2.50. The molecule has 114 valence electrons. The quantitative estimate of drug-likeness (QED) is 0.768. The molecule has 21 heavy (non-hydrogen) atoms. The molecule has 0 aromatic heterocycles. The fourth-order valence-electron chi connectivity index (χ4n) is 2.09. The van der Waals surface area contributed by atoms with Gasteiger partial charge >= 0.3 is 5.97 Å². The number of carbonyl (C=O) groups is 2. The van der Waals surface area contributed by atoms with Gasteiger partial charge in [-0.3, -0.25) is 9.59 Å². The summed E-state index contributed by atoms with van der Waals surface area (Å²) < 4.78 is 6.07. The Morgan fingerprint density at radius 2 is 2.14 bits per heavy atom. The molecule has 1 saturated carbocycles. The second-order valence-electron chi connectivity index (χ2n) is 5.52. The van der Waals surface area contributed by atoms with Crippen molar-refractivity contribution in [1.82, 2.24) is 5.32 Å². The minimum Gasteiger partial charge on any atom is -0.496 e. The van der Waals surface area contributed by atoms with Gasteiger partial charge in [0, 0.05) is 16.9 Å². The smallest absolute Gasteiger partial charge is 0.319 e. The van der Waals surface area contributed by atoms with Gasteiger partial charge in [0.1, 0.15) is 11.2 Å². The van der Waals surface area contributed by atoms with Crippen LogP contribution in [0.5, 0.6) is 5.75 Å². The summed E-state index contributed by atoms with van der Waals surface area (Å²) in [5, 5.41) is 12.3. The standard InChI is InChI=1S/C15H18BrNO4/c1-15(14(19)20,13(18)17-11-4-5-11)8-9-7-10(16)3-6-12(9)21-2/h3,6-7,11H,4-5,8H2,1-2H3,(H,17,18)(H,19,20). The highest BCUT2D eigenvalue weighted by Crippen LogP contribution is 2.32. The molecule has 0 bridgehead atoms. The molecule has 1 atom stereocenters. The van der Waals surface area contributed by atoms with Crippen LogP contribution in [0.1, 0.15) is 25.3 Å². The zero-order chi connectivity index (χ0) is 15.6. The Balaban J connectivity index is 2.28. The number of amides is 1. The Bertz CT molecular complexity index is 571. The molecule has 0 saturated heterocycles. The molecule has 1 fully saturated rings. The van der Waals surface area contributed by atoms with Gasteiger partial charge in [-0.05, 0) is 43.5 Å². The predicted molar refractivity (Wildman–Crippen MR) is 81.3 cm³/mol. The van der Waals surface area contributed by atoms with Crippen molar-refractivity contribution in [3.05, 3.63) is 28.2 Å². The highest BCUT2D eigenvalue weighted by Gasteiger charge is 2.43. The molecular formula is C15H18BrNO4. The van der Waals surface area contributed by atoms with E-state index in [1.165, 1.54) is 14.0 Å². The van der Waals surface area contributed by atoms with E-state index in [1.807, 2.05) is 6.07 Å². The molecule has 1 aliphatic rings. The van der Waals surface area contributed by atoms with Crippen LogP contribution in [0.4, 0.5) is 0 Å². The lowest BCUT2D eigenvalue weighted by molar-refractivity contribution is -0.154. The largest absolute Gasteiger partial charge is 0.496 e. The maximum Gasteiger partial charge on any atom is 0.319 e. The van der Waals surface area contributed by atoms with Crippen molar-refractivity contribution in [3.8, 4) is 5.75 Å². The number of nitrogens with one attached hydrogen (secondary N) is 1. The van der Waals surface area contributed by atoms with Crippen LogP contribution in [0, 0.1) is 5.41 Å². The van der Waals surface area contributed by atoms with Gasteiger partial charge in [-0.1, -0.05) is 15.9 Å². The summed E-state index contributed by atoms with van der Waals surface area (Å²) in [5.74, 6) is -1.01. The van der Waals surface area contributed by atoms with E-state index in [-0.39, 0.29) is 12.5 Å². The number of aliphatic carboxylic acids is 1. The van der Waals surface area contributed by atoms with Crippen LogP contribution in [0.2, 0.25) is 0 Å². The zero-order valence-corrected chi connectivity index (χ0v) is 13.6. The number of carboxylic acids is 1. The Labute approximate surface area is 131 Å². The molecule has 1 aliphatic carbocycles. The van der Waals surface area contributed by atoms with Crippen molar-refractivity contribution in [2.75, 3.05) is 7.11 Å². The Morgan fingerprint density at radius 3 is 2.67 bits per heavy atom. The molecule has 2 N–H and O–H groups in total. The van der Waals surface area contributed by atoms with Crippen LogP contribution in [0.25, 0.3) is 0 Å². The SMILES string of the molecule is COc1ccc(Br)cc1CC(C)(C(=O)O)C(=O)NC1CC1. The number of carboxylic acid groups (broad SMARTS) is 1. The van der Waals surface area contributed by atoms with Gasteiger partial charge < -0.3 is 15.2 Å². The first-order chi connectivity index (χ1) is 9.86. The molecule has 1 amide bonds. The lowest BCUT2D eigenvalue weighted by atomic mass is 9.82. The van der Waals surface area contributed by atoms with Crippen molar-refractivity contribution in [2.45, 2.75) is 32.2 Å². The molecular weight excluding hydrogens is 338 g/mol. The molecule has 0 spiro atoms. The summed E-state index contributed by atoms with van der Waals surface area (Å²) in [6.07, 6.45) is 1.91. The lowest BCUT2D eigenvalue weighted by Crippen LogP contribution is -2.46. The lowest BCUT2D eigenvalue weighted by Gasteiger charge is -2.25. The molecule has 0 heterocycles. The van der Waals surface area contributed by atoms with Gasteiger partial charge in [0.05, 0.1) is 7.11 Å². The van der Waals surface area contributed by atoms with Gasteiger partial charge in [-0.15, -0.1) is 0 Å². The maximum absolute atomic E-state index is 12.3. The molecule has 0 aliphatic heterocycles. The molecule has 5 nitrogen and oxygen atoms in total. The molecule has 6 heteroatoms. The van der Waals surface area contributed by atoms with Crippen LogP contribution >= 0.6 is 15.9 Å². The Kier molecular flexibility index (Phi) is 4.56. The number of ether oxygens (including phenoxy) is 1. The number of rotatable bonds is 6. The molecule has 1 unspecified atom stereocenters. The third-order valence-corrected chi connectivity index (χ3v) is 4.17. The normalized spacial score (nSPS) is 16.9. The van der Waals surface area contributed by atoms with Crippen LogP contribution in [-0.2, 0) is 16.0 Å². The van der Waals surface area contributed by atoms with E-state index in [4.69, 9.17) is 4.74 Å². The van der Waals surface area contributed by atoms with Crippen LogP contribution < -0.4 is 10.1 Å². The van der Waals surface area contributed by atoms with Gasteiger partial charge in [0.2, 0.25) is 5.91 Å². The molecule has 1 aromatic carbocycles. The summed E-state index contributed by atoms with van der Waals surface area (Å²) >= 11 is 3.35. The monoisotopic (exact) mass is 355 g/mol. The number of benzene rings is 1. The van der Waals surface area contributed by atoms with E-state index in [9.17, 15) is 14.7 Å². The van der Waals surface area contributed by atoms with Crippen molar-refractivity contribution in [1.29, 1.82) is 0 Å². The zero-order valence-electron chi connectivity index (χ0n) is 12.0. The number of methoxy groups -OCH3 is 1. The minimum absolute atomic E-state index is 0.0729. The topological polar surface area (TPSA) is 75.6 Å². The summed E-state index contributed by atoms with van der Waals surface area (Å²) in [6, 6.07) is 5.47. The third kappa shape index (κ3) is 3.56. The van der Waals surface area contributed by atoms with Gasteiger partial charge in [-0.2, -0.15) is 0 Å². The average molecular weight is 356 g/mol. The van der Waals surface area contributed by atoms with Gasteiger partial charge in [0.25, 0.3) is 0 Å². The summed E-state index contributed by atoms with van der Waals surface area (Å²) in [5.41, 5.74) is -0.834. The van der Waals surface area contributed by atoms with Crippen molar-refractivity contribution < 1.29 is 19.4 Å². The van der Waals surface area contributed by atoms with Crippen molar-refractivity contribution in [2.24, 2.45) is 5.41 Å². The first kappa shape index (κ1) is 15.8. The summed E-state index contributed by atoms with van der Waals surface area (Å²) in [7, 11) is 1.52. The van der Waals surface area contributed by atoms with E-state index in [0.29, 0.717) is 11.3 Å². The highest BCUT2D eigenvalue weighted by molar-refractivity contribution is 9.10. The van der Waals surface area contributed by atoms with E-state index in [0.717, 1.165) is 17.3 Å². The number of hydrogen-bond donors (Lipinski definition) is 2. The second-order valence-corrected chi connectivity index (χ2v) is 6.43. The maximum atomic E-state index is 12.3. The number of hydrogen-bond acceptors (Lipinski definition) is 3. The second kappa shape index (κ2) is 6.05. The van der Waals surface area contributed by atoms with E-state index >= 15 is 0 Å². The molecule has 2 rings (SSSR count). The third-order valence-electron chi connectivity index (χ3n) is 3.67. The van der Waals surface area contributed by atoms with E-state index in [1.54, 1.807) is 12.1 Å². The average Bonchev–Trinajstić information content (AvgIpc) is 3.22. The van der Waals surface area contributed by atoms with Gasteiger partial charge in [-0.25, -0.2) is 0 Å². The number of halogens is 1. The van der Waals surface area contributed by atoms with Crippen molar-refractivity contribution in [3.63, 3.8) is 0 Å². The predicted octanol–water partition coefficient (Wildman–Crippen LogP) is 2.37. The van der Waals surface area contributed by atoms with E-state index in [2.05, 4.69) is 21.2 Å². The Morgan fingerprint density at radius 1 is 1.48 bits per heavy atom. The summed E-state index contributed by atoms with van der Waals surface area (Å²) in [4.78, 5) is 23.9. The van der Waals surface area contributed by atoms with Crippen molar-refractivity contribution >= 4 is 27.8 Å². The molecule has 0 radical (unpaired) electrons. The van der Waals surface area contributed by atoms with Crippen LogP contribution in [0.3, 0.4) is 0 Å². The van der Waals surface area contributed by atoms with Crippen LogP contribution in [0.15, 0.2) is 22.7 Å². The fraction of sp³-hybridized carbons (Fsp3) is 0.467. The van der Waals surface area contributed by atoms with Gasteiger partial charge in [0.15, 0.2) is 0 Å². The summed E-state index contributed by atoms with van der Waals surface area (Å²) in [6.45, 7) is 1.45. The number of carbonyl (C=O) groups excluding carboxylic acids is 1. The first-order valence-corrected chi connectivity index (χ1v) is 7.53. The van der Waals surface area contributed by atoms with E-state index < -0.39 is 17.3 Å². The minimum atomic E-state index is -1.52. The Hall–Kier alpha value is -1.56.